The maximum absolute atomic E-state index is 12.6. The first-order valence-electron chi connectivity index (χ1n) is 18.7. The van der Waals surface area contributed by atoms with E-state index in [1.807, 2.05) is 106 Å². The minimum atomic E-state index is -4.65. The van der Waals surface area contributed by atoms with Gasteiger partial charge in [0.05, 0.1) is 27.7 Å². The van der Waals surface area contributed by atoms with Crippen LogP contribution in [-0.4, -0.2) is 70.0 Å². The van der Waals surface area contributed by atoms with Gasteiger partial charge >= 0.3 is 11.9 Å². The molecular formula is C42H66NO8P. The number of phosphoric ester groups is 1. The van der Waals surface area contributed by atoms with Crippen LogP contribution in [0.3, 0.4) is 0 Å². The van der Waals surface area contributed by atoms with Crippen molar-refractivity contribution in [3.05, 3.63) is 109 Å². The van der Waals surface area contributed by atoms with Crippen LogP contribution in [0.2, 0.25) is 0 Å². The number of ether oxygens (including phenoxy) is 2. The molecule has 0 bridgehead atoms. The Balaban J connectivity index is 4.64. The van der Waals surface area contributed by atoms with Gasteiger partial charge in [0.25, 0.3) is 7.82 Å². The summed E-state index contributed by atoms with van der Waals surface area (Å²) in [6.07, 6.45) is 44.1. The molecule has 52 heavy (non-hydrogen) atoms. The number of likely N-dealkylation sites (N-methyl/N-ethyl adjacent to an activating group) is 1. The minimum absolute atomic E-state index is 0.0536. The van der Waals surface area contributed by atoms with E-state index in [0.29, 0.717) is 23.9 Å². The van der Waals surface area contributed by atoms with Crippen LogP contribution in [0.25, 0.3) is 0 Å². The summed E-state index contributed by atoms with van der Waals surface area (Å²) in [7, 11) is 1.08. The maximum Gasteiger partial charge on any atom is 0.306 e. The number of hydrogen-bond donors (Lipinski definition) is 0. The van der Waals surface area contributed by atoms with Crippen molar-refractivity contribution in [2.24, 2.45) is 0 Å². The fourth-order valence-corrected chi connectivity index (χ4v) is 4.82. The van der Waals surface area contributed by atoms with E-state index in [2.05, 4.69) is 38.2 Å². The van der Waals surface area contributed by atoms with Gasteiger partial charge in [-0.05, 0) is 51.4 Å². The summed E-state index contributed by atoms with van der Waals surface area (Å²) in [5.74, 6) is -0.948. The first-order valence-corrected chi connectivity index (χ1v) is 20.2. The summed E-state index contributed by atoms with van der Waals surface area (Å²) in [6.45, 7) is 3.78. The van der Waals surface area contributed by atoms with Crippen LogP contribution in [0.1, 0.15) is 90.9 Å². The van der Waals surface area contributed by atoms with E-state index in [9.17, 15) is 19.0 Å². The number of phosphoric acid groups is 1. The van der Waals surface area contributed by atoms with E-state index in [-0.39, 0.29) is 26.1 Å². The smallest absolute Gasteiger partial charge is 0.306 e. The predicted octanol–water partition coefficient (Wildman–Crippen LogP) is 9.38. The lowest BCUT2D eigenvalue weighted by atomic mass is 10.1. The highest BCUT2D eigenvalue weighted by Gasteiger charge is 2.21. The number of quaternary nitrogens is 1. The highest BCUT2D eigenvalue weighted by atomic mass is 31.2. The average molecular weight is 744 g/mol. The first-order chi connectivity index (χ1) is 25.0. The third kappa shape index (κ3) is 36.5. The molecule has 9 nitrogen and oxygen atoms in total. The van der Waals surface area contributed by atoms with E-state index >= 15 is 0 Å². The summed E-state index contributed by atoms with van der Waals surface area (Å²) in [4.78, 5) is 37.3. The molecule has 2 unspecified atom stereocenters. The van der Waals surface area contributed by atoms with Crippen LogP contribution < -0.4 is 4.89 Å². The Hall–Kier alpha value is -3.33. The van der Waals surface area contributed by atoms with Crippen molar-refractivity contribution in [1.82, 2.24) is 0 Å². The van der Waals surface area contributed by atoms with Gasteiger partial charge in [0.2, 0.25) is 0 Å². The Morgan fingerprint density at radius 2 is 1.04 bits per heavy atom. The van der Waals surface area contributed by atoms with Gasteiger partial charge in [0, 0.05) is 12.8 Å². The Morgan fingerprint density at radius 3 is 1.50 bits per heavy atom. The Labute approximate surface area is 315 Å². The highest BCUT2D eigenvalue weighted by molar-refractivity contribution is 7.45. The normalized spacial score (nSPS) is 15.0. The lowest BCUT2D eigenvalue weighted by Gasteiger charge is -2.28. The van der Waals surface area contributed by atoms with Crippen molar-refractivity contribution in [3.8, 4) is 0 Å². The number of hydrogen-bond acceptors (Lipinski definition) is 8. The standard InChI is InChI=1S/C42H66NO8P/c1-6-8-10-12-14-16-18-20-21-23-24-26-28-30-32-34-41(44)48-38-40(39-50-52(46,47)49-37-36-43(3,4)5)51-42(45)35-33-31-29-27-25-22-19-17-15-13-11-9-7-2/h8-25,40H,6-7,26-39H2,1-5H3/b10-8+,11-9+,14-12+,15-13+,18-16+,19-17+,21-20+,24-23+,25-22+. The number of nitrogens with zero attached hydrogens (tertiary/aromatic N) is 1. The molecule has 0 saturated carbocycles. The molecule has 0 aliphatic heterocycles. The van der Waals surface area contributed by atoms with E-state index in [1.54, 1.807) is 0 Å². The Morgan fingerprint density at radius 1 is 0.596 bits per heavy atom. The molecule has 0 aromatic carbocycles. The minimum Gasteiger partial charge on any atom is -0.756 e. The highest BCUT2D eigenvalue weighted by Crippen LogP contribution is 2.38. The second-order valence-corrected chi connectivity index (χ2v) is 14.4. The van der Waals surface area contributed by atoms with E-state index in [1.165, 1.54) is 0 Å². The summed E-state index contributed by atoms with van der Waals surface area (Å²) in [5, 5.41) is 0. The fraction of sp³-hybridized carbons (Fsp3) is 0.524. The zero-order valence-electron chi connectivity index (χ0n) is 32.4. The van der Waals surface area contributed by atoms with Gasteiger partial charge in [-0.15, -0.1) is 0 Å². The first kappa shape index (κ1) is 48.7. The molecule has 0 spiro atoms. The monoisotopic (exact) mass is 743 g/mol. The van der Waals surface area contributed by atoms with E-state index < -0.39 is 32.5 Å². The maximum atomic E-state index is 12.6. The van der Waals surface area contributed by atoms with Crippen LogP contribution in [-0.2, 0) is 32.7 Å². The van der Waals surface area contributed by atoms with Gasteiger partial charge in [-0.25, -0.2) is 0 Å². The molecule has 0 aromatic rings. The van der Waals surface area contributed by atoms with Gasteiger partial charge in [-0.3, -0.25) is 14.2 Å². The van der Waals surface area contributed by atoms with Crippen molar-refractivity contribution in [1.29, 1.82) is 0 Å². The molecule has 0 aromatic heterocycles. The number of carbonyl (C=O) groups is 2. The quantitative estimate of drug-likeness (QED) is 0.0227. The largest absolute Gasteiger partial charge is 0.756 e. The van der Waals surface area contributed by atoms with Crippen molar-refractivity contribution < 1.29 is 42.1 Å². The predicted molar refractivity (Wildman–Crippen MR) is 212 cm³/mol. The molecule has 0 aliphatic carbocycles. The molecular weight excluding hydrogens is 677 g/mol. The fourth-order valence-electron chi connectivity index (χ4n) is 4.09. The number of rotatable bonds is 31. The zero-order valence-corrected chi connectivity index (χ0v) is 33.3. The Kier molecular flexibility index (Phi) is 31.4. The number of esters is 2. The van der Waals surface area contributed by atoms with Crippen LogP contribution >= 0.6 is 7.82 Å². The third-order valence-corrected chi connectivity index (χ3v) is 7.97. The zero-order chi connectivity index (χ0) is 38.6. The lowest BCUT2D eigenvalue weighted by molar-refractivity contribution is -0.870. The molecule has 0 radical (unpaired) electrons. The van der Waals surface area contributed by atoms with Gasteiger partial charge in [0.1, 0.15) is 19.8 Å². The van der Waals surface area contributed by atoms with E-state index in [0.717, 1.165) is 51.4 Å². The van der Waals surface area contributed by atoms with Crippen LogP contribution in [0.15, 0.2) is 109 Å². The molecule has 292 valence electrons. The Bertz CT molecular complexity index is 1250. The summed E-state index contributed by atoms with van der Waals surface area (Å²) >= 11 is 0. The van der Waals surface area contributed by atoms with Crippen molar-refractivity contribution in [2.45, 2.75) is 97.0 Å². The molecule has 10 heteroatoms. The molecule has 0 aliphatic rings. The van der Waals surface area contributed by atoms with Gasteiger partial charge in [-0.1, -0.05) is 136 Å². The van der Waals surface area contributed by atoms with Gasteiger partial charge in [0.15, 0.2) is 6.10 Å². The number of allylic oxidation sites excluding steroid dienone is 18. The van der Waals surface area contributed by atoms with Crippen molar-refractivity contribution >= 4 is 19.8 Å². The lowest BCUT2D eigenvalue weighted by Crippen LogP contribution is -2.37. The SMILES string of the molecule is CC/C=C/C=C/C=C/C=C/C=C/CCCCCC(=O)OCC(COP(=O)([O-])OCC[N+](C)(C)C)OC(=O)CCCCC/C=C/C=C/C=C/C=C/CC. The van der Waals surface area contributed by atoms with E-state index in [4.69, 9.17) is 18.5 Å². The topological polar surface area (TPSA) is 111 Å². The molecule has 0 saturated heterocycles. The summed E-state index contributed by atoms with van der Waals surface area (Å²) < 4.78 is 33.6. The van der Waals surface area contributed by atoms with Gasteiger partial charge in [-0.2, -0.15) is 0 Å². The van der Waals surface area contributed by atoms with Crippen LogP contribution in [0.5, 0.6) is 0 Å². The number of unbranched alkanes of at least 4 members (excludes halogenated alkanes) is 6. The summed E-state index contributed by atoms with van der Waals surface area (Å²) in [6, 6.07) is 0. The molecule has 0 fully saturated rings. The molecule has 0 rings (SSSR count). The molecule has 0 amide bonds. The molecule has 0 heterocycles. The van der Waals surface area contributed by atoms with Gasteiger partial charge < -0.3 is 27.9 Å². The third-order valence-electron chi connectivity index (χ3n) is 7.01. The van der Waals surface area contributed by atoms with Crippen LogP contribution in [0.4, 0.5) is 0 Å². The second-order valence-electron chi connectivity index (χ2n) is 13.0. The van der Waals surface area contributed by atoms with Crippen molar-refractivity contribution in [2.75, 3.05) is 47.5 Å². The van der Waals surface area contributed by atoms with Crippen LogP contribution in [0, 0.1) is 0 Å². The molecule has 2 atom stereocenters. The second kappa shape index (κ2) is 33.5. The summed E-state index contributed by atoms with van der Waals surface area (Å²) in [5.41, 5.74) is 0. The molecule has 0 N–H and O–H groups in total. The van der Waals surface area contributed by atoms with Crippen molar-refractivity contribution in [3.63, 3.8) is 0 Å². The number of carbonyl (C=O) groups excluding carboxylic acids is 2. The average Bonchev–Trinajstić information content (AvgIpc) is 3.09.